The summed E-state index contributed by atoms with van der Waals surface area (Å²) < 4.78 is 6.13. The van der Waals surface area contributed by atoms with Crippen molar-refractivity contribution in [3.63, 3.8) is 0 Å². The molecule has 6 nitrogen and oxygen atoms in total. The van der Waals surface area contributed by atoms with Gasteiger partial charge in [-0.1, -0.05) is 42.0 Å². The molecule has 33 heavy (non-hydrogen) atoms. The standard InChI is InChI=1S/C27H30N4O2/c1-19(13-20-5-3-2-4-6-20)16-30-9-11-31(12-10-30)17-26-23-18-32-25-15-24-21(7-8-28-24)14-22(25)27(23)29-33-26/h2-8,13-15,23,26,29H,9-12,16-18H2,1H3. The molecule has 0 radical (unpaired) electrons. The van der Waals surface area contributed by atoms with Crippen molar-refractivity contribution in [3.8, 4) is 5.75 Å². The zero-order valence-electron chi connectivity index (χ0n) is 19.0. The van der Waals surface area contributed by atoms with Crippen LogP contribution in [0.1, 0.15) is 18.1 Å². The largest absolute Gasteiger partial charge is 0.492 e. The van der Waals surface area contributed by atoms with E-state index in [9.17, 15) is 0 Å². The average molecular weight is 443 g/mol. The molecule has 2 aromatic rings. The number of hydrogen-bond acceptors (Lipinski definition) is 6. The Morgan fingerprint density at radius 3 is 2.79 bits per heavy atom. The van der Waals surface area contributed by atoms with Gasteiger partial charge in [-0.15, -0.1) is 0 Å². The number of hydrogen-bond donors (Lipinski definition) is 1. The van der Waals surface area contributed by atoms with Gasteiger partial charge in [-0.2, -0.15) is 0 Å². The lowest BCUT2D eigenvalue weighted by Gasteiger charge is -2.36. The van der Waals surface area contributed by atoms with Crippen molar-refractivity contribution in [2.24, 2.45) is 10.9 Å². The Morgan fingerprint density at radius 2 is 1.94 bits per heavy atom. The molecule has 2 saturated heterocycles. The maximum atomic E-state index is 6.13. The van der Waals surface area contributed by atoms with E-state index >= 15 is 0 Å². The Morgan fingerprint density at radius 1 is 1.12 bits per heavy atom. The van der Waals surface area contributed by atoms with Crippen LogP contribution in [0.2, 0.25) is 0 Å². The van der Waals surface area contributed by atoms with Gasteiger partial charge < -0.3 is 4.74 Å². The summed E-state index contributed by atoms with van der Waals surface area (Å²) in [6.45, 7) is 9.14. The SMILES string of the molecule is CC(=Cc1ccccc1)CN1CCN(CC2ONC3=c4cc5c(cc4OCC32)=NC=C5)CC1. The van der Waals surface area contributed by atoms with Crippen LogP contribution in [0.3, 0.4) is 0 Å². The van der Waals surface area contributed by atoms with Gasteiger partial charge in [0.2, 0.25) is 0 Å². The van der Waals surface area contributed by atoms with Crippen molar-refractivity contribution in [3.05, 3.63) is 75.9 Å². The second kappa shape index (κ2) is 8.78. The van der Waals surface area contributed by atoms with Crippen LogP contribution in [0, 0.1) is 5.92 Å². The molecule has 4 aliphatic heterocycles. The molecule has 0 bridgehead atoms. The van der Waals surface area contributed by atoms with Crippen molar-refractivity contribution >= 4 is 17.8 Å². The van der Waals surface area contributed by atoms with Gasteiger partial charge in [0.15, 0.2) is 0 Å². The minimum atomic E-state index is 0.105. The van der Waals surface area contributed by atoms with Crippen LogP contribution < -0.4 is 20.8 Å². The Hall–Kier alpha value is -2.93. The number of benzene rings is 2. The van der Waals surface area contributed by atoms with Crippen molar-refractivity contribution < 1.29 is 9.57 Å². The van der Waals surface area contributed by atoms with Crippen LogP contribution in [-0.2, 0) is 4.84 Å². The third-order valence-electron chi connectivity index (χ3n) is 7.03. The molecule has 0 saturated carbocycles. The summed E-state index contributed by atoms with van der Waals surface area (Å²) in [5, 5.41) is 2.09. The fourth-order valence-electron chi connectivity index (χ4n) is 5.25. The van der Waals surface area contributed by atoms with Crippen LogP contribution in [0.5, 0.6) is 5.75 Å². The summed E-state index contributed by atoms with van der Waals surface area (Å²) in [6.07, 6.45) is 6.29. The van der Waals surface area contributed by atoms with Gasteiger partial charge in [0.1, 0.15) is 11.9 Å². The minimum Gasteiger partial charge on any atom is -0.492 e. The van der Waals surface area contributed by atoms with Gasteiger partial charge in [0.25, 0.3) is 0 Å². The molecule has 170 valence electrons. The quantitative estimate of drug-likeness (QED) is 0.768. The van der Waals surface area contributed by atoms with Gasteiger partial charge in [-0.3, -0.25) is 25.1 Å². The predicted molar refractivity (Wildman–Crippen MR) is 130 cm³/mol. The Bertz CT molecular complexity index is 1210. The topological polar surface area (TPSA) is 49.3 Å². The number of rotatable bonds is 5. The number of nitrogens with one attached hydrogen (secondary N) is 1. The molecule has 6 heteroatoms. The molecular formula is C27H30N4O2. The van der Waals surface area contributed by atoms with E-state index in [1.165, 1.54) is 11.1 Å². The van der Waals surface area contributed by atoms with E-state index in [-0.39, 0.29) is 12.0 Å². The summed E-state index contributed by atoms with van der Waals surface area (Å²) in [5.74, 6) is 1.14. The zero-order valence-corrected chi connectivity index (χ0v) is 19.0. The van der Waals surface area contributed by atoms with E-state index in [0.29, 0.717) is 6.61 Å². The number of ether oxygens (including phenoxy) is 1. The second-order valence-electron chi connectivity index (χ2n) is 9.42. The fraction of sp³-hybridized carbons (Fsp3) is 0.370. The molecular weight excluding hydrogens is 412 g/mol. The molecule has 0 spiro atoms. The lowest BCUT2D eigenvalue weighted by molar-refractivity contribution is -0.00969. The van der Waals surface area contributed by atoms with E-state index in [1.54, 1.807) is 0 Å². The Labute approximate surface area is 194 Å². The first kappa shape index (κ1) is 20.7. The third kappa shape index (κ3) is 4.22. The molecule has 0 amide bonds. The molecule has 1 N–H and O–H groups in total. The van der Waals surface area contributed by atoms with Crippen molar-refractivity contribution in [1.29, 1.82) is 0 Å². The molecule has 2 atom stereocenters. The first-order valence-corrected chi connectivity index (χ1v) is 11.9. The van der Waals surface area contributed by atoms with Gasteiger partial charge in [-0.25, -0.2) is 0 Å². The molecule has 0 aromatic heterocycles. The van der Waals surface area contributed by atoms with Crippen LogP contribution >= 0.6 is 0 Å². The first-order valence-electron chi connectivity index (χ1n) is 11.9. The number of hydroxylamine groups is 1. The van der Waals surface area contributed by atoms with Crippen LogP contribution in [0.4, 0.5) is 0 Å². The van der Waals surface area contributed by atoms with Crippen LogP contribution in [0.25, 0.3) is 17.8 Å². The van der Waals surface area contributed by atoms with Crippen molar-refractivity contribution in [1.82, 2.24) is 15.3 Å². The van der Waals surface area contributed by atoms with E-state index < -0.39 is 0 Å². The molecule has 6 rings (SSSR count). The second-order valence-corrected chi connectivity index (χ2v) is 9.42. The lowest BCUT2D eigenvalue weighted by Crippen LogP contribution is -2.50. The van der Waals surface area contributed by atoms with Crippen LogP contribution in [0.15, 0.2) is 59.2 Å². The molecule has 2 unspecified atom stereocenters. The molecule has 2 aromatic carbocycles. The van der Waals surface area contributed by atoms with Crippen molar-refractivity contribution in [2.45, 2.75) is 13.0 Å². The van der Waals surface area contributed by atoms with E-state index in [0.717, 1.165) is 66.9 Å². The first-order chi connectivity index (χ1) is 16.2. The highest BCUT2D eigenvalue weighted by Crippen LogP contribution is 2.29. The van der Waals surface area contributed by atoms with Crippen LogP contribution in [-0.4, -0.2) is 61.8 Å². The van der Waals surface area contributed by atoms with Gasteiger partial charge in [-0.05, 0) is 24.6 Å². The number of nitrogens with zero attached hydrogens (tertiary/aromatic N) is 3. The summed E-state index contributed by atoms with van der Waals surface area (Å²) in [4.78, 5) is 15.5. The molecule has 0 aliphatic carbocycles. The number of fused-ring (bicyclic) bond motifs is 3. The van der Waals surface area contributed by atoms with Crippen molar-refractivity contribution in [2.75, 3.05) is 45.9 Å². The Balaban J connectivity index is 1.07. The highest BCUT2D eigenvalue weighted by atomic mass is 16.7. The van der Waals surface area contributed by atoms with Gasteiger partial charge in [0, 0.05) is 62.3 Å². The molecule has 4 aliphatic rings. The maximum absolute atomic E-state index is 6.13. The lowest BCUT2D eigenvalue weighted by atomic mass is 9.95. The summed E-state index contributed by atoms with van der Waals surface area (Å²) in [7, 11) is 0. The third-order valence-corrected chi connectivity index (χ3v) is 7.03. The Kier molecular flexibility index (Phi) is 5.50. The van der Waals surface area contributed by atoms with E-state index in [1.807, 2.05) is 18.3 Å². The summed E-state index contributed by atoms with van der Waals surface area (Å²) in [5.41, 5.74) is 8.22. The highest BCUT2D eigenvalue weighted by Gasteiger charge is 2.38. The van der Waals surface area contributed by atoms with Gasteiger partial charge >= 0.3 is 0 Å². The number of piperazine rings is 1. The maximum Gasteiger partial charge on any atom is 0.130 e. The highest BCUT2D eigenvalue weighted by molar-refractivity contribution is 5.60. The molecule has 4 heterocycles. The minimum absolute atomic E-state index is 0.105. The average Bonchev–Trinajstić information content (AvgIpc) is 3.46. The summed E-state index contributed by atoms with van der Waals surface area (Å²) in [6, 6.07) is 14.8. The zero-order chi connectivity index (χ0) is 22.2. The van der Waals surface area contributed by atoms with E-state index in [4.69, 9.17) is 9.57 Å². The normalized spacial score (nSPS) is 24.5. The molecule has 2 fully saturated rings. The summed E-state index contributed by atoms with van der Waals surface area (Å²) >= 11 is 0. The van der Waals surface area contributed by atoms with E-state index in [2.05, 4.69) is 69.7 Å². The smallest absolute Gasteiger partial charge is 0.130 e. The van der Waals surface area contributed by atoms with Gasteiger partial charge in [0.05, 0.1) is 23.6 Å². The predicted octanol–water partition coefficient (Wildman–Crippen LogP) is 2.03. The monoisotopic (exact) mass is 442 g/mol. The fourth-order valence-corrected chi connectivity index (χ4v) is 5.25.